The number of hydrogen-bond acceptors (Lipinski definition) is 8. The van der Waals surface area contributed by atoms with Crippen LogP contribution in [0.25, 0.3) is 0 Å². The van der Waals surface area contributed by atoms with E-state index in [-0.39, 0.29) is 40.0 Å². The van der Waals surface area contributed by atoms with Crippen LogP contribution < -0.4 is 10.2 Å². The molecule has 2 aliphatic carbocycles. The van der Waals surface area contributed by atoms with Crippen molar-refractivity contribution >= 4 is 21.6 Å². The molecule has 1 unspecified atom stereocenters. The number of amides is 1. The number of likely N-dealkylation sites (tertiary alicyclic amines) is 2. The lowest BCUT2D eigenvalue weighted by atomic mass is 9.57. The molecular formula is C38H53FN4O5S. The van der Waals surface area contributed by atoms with Gasteiger partial charge in [-0.2, -0.15) is 0 Å². The number of hydrogen-bond donors (Lipinski definition) is 1. The van der Waals surface area contributed by atoms with E-state index in [1.165, 1.54) is 13.5 Å². The minimum Gasteiger partial charge on any atom is -0.453 e. The number of rotatable bonds is 13. The van der Waals surface area contributed by atoms with Crippen LogP contribution in [0.5, 0.6) is 0 Å². The number of halogens is 1. The van der Waals surface area contributed by atoms with Gasteiger partial charge in [-0.1, -0.05) is 18.6 Å². The van der Waals surface area contributed by atoms with E-state index >= 15 is 4.39 Å². The monoisotopic (exact) mass is 696 g/mol. The zero-order valence-corrected chi connectivity index (χ0v) is 29.9. The predicted octanol–water partition coefficient (Wildman–Crippen LogP) is 5.10. The molecule has 2 aromatic carbocycles. The molecule has 7 rings (SSSR count). The molecular weight excluding hydrogens is 644 g/mol. The van der Waals surface area contributed by atoms with Gasteiger partial charge in [0.15, 0.2) is 9.84 Å². The molecule has 1 amide bonds. The summed E-state index contributed by atoms with van der Waals surface area (Å²) in [6, 6.07) is 14.7. The highest BCUT2D eigenvalue weighted by Gasteiger charge is 2.54. The fourth-order valence-electron chi connectivity index (χ4n) is 9.72. The van der Waals surface area contributed by atoms with Crippen molar-refractivity contribution in [2.24, 2.45) is 17.3 Å². The Labute approximate surface area is 291 Å². The third kappa shape index (κ3) is 6.97. The van der Waals surface area contributed by atoms with Crippen molar-refractivity contribution in [1.29, 1.82) is 0 Å². The van der Waals surface area contributed by atoms with Crippen LogP contribution in [-0.4, -0.2) is 109 Å². The molecule has 49 heavy (non-hydrogen) atoms. The molecule has 3 atom stereocenters. The Morgan fingerprint density at radius 2 is 1.67 bits per heavy atom. The van der Waals surface area contributed by atoms with Crippen molar-refractivity contribution in [2.75, 3.05) is 78.1 Å². The fourth-order valence-corrected chi connectivity index (χ4v) is 11.4. The summed E-state index contributed by atoms with van der Waals surface area (Å²) in [6.07, 6.45) is 7.30. The number of ether oxygens (including phenoxy) is 2. The Hall–Kier alpha value is -2.73. The van der Waals surface area contributed by atoms with E-state index in [2.05, 4.69) is 26.1 Å². The van der Waals surface area contributed by atoms with Gasteiger partial charge in [0.25, 0.3) is 0 Å². The van der Waals surface area contributed by atoms with Crippen LogP contribution in [-0.2, 0) is 24.7 Å². The largest absolute Gasteiger partial charge is 0.453 e. The lowest BCUT2D eigenvalue weighted by molar-refractivity contribution is -0.00634. The van der Waals surface area contributed by atoms with Crippen molar-refractivity contribution in [3.63, 3.8) is 0 Å². The number of carbonyl (C=O) groups excluding carboxylic acids is 1. The normalized spacial score (nSPS) is 26.1. The summed E-state index contributed by atoms with van der Waals surface area (Å²) in [4.78, 5) is 20.4. The molecule has 268 valence electrons. The standard InChI is InChI=1S/C38H53FN4O5S/c1-47-27-37(24-43(25-37)31-10-12-32(13-11-31)49(45,46)33-14-15-33)23-42-20-16-28(17-21-42)38(26-41-18-5-19-41,29-6-3-7-30(39)22-29)34-8-4-9-35(34)40-36(44)48-2/h3,6-7,10-13,22,28,33-35H,4-5,8-9,14-21,23-27H2,1-2H3,(H,40,44)/t34-,35-,38?/m0/s1. The summed E-state index contributed by atoms with van der Waals surface area (Å²) < 4.78 is 51.2. The Morgan fingerprint density at radius 3 is 2.29 bits per heavy atom. The average molecular weight is 697 g/mol. The van der Waals surface area contributed by atoms with Gasteiger partial charge in [-0.3, -0.25) is 0 Å². The molecule has 3 heterocycles. The number of piperidine rings is 1. The molecule has 0 bridgehead atoms. The third-order valence-corrected chi connectivity index (χ3v) is 14.6. The van der Waals surface area contributed by atoms with E-state index in [1.807, 2.05) is 18.2 Å². The molecule has 5 fully saturated rings. The summed E-state index contributed by atoms with van der Waals surface area (Å²) in [5, 5.41) is 2.99. The van der Waals surface area contributed by atoms with Crippen molar-refractivity contribution in [3.05, 3.63) is 59.9 Å². The number of anilines is 1. The highest BCUT2D eigenvalue weighted by atomic mass is 32.2. The lowest BCUT2D eigenvalue weighted by Crippen LogP contribution is -2.64. The maximum Gasteiger partial charge on any atom is 0.407 e. The Balaban J connectivity index is 1.07. The molecule has 0 radical (unpaired) electrons. The van der Waals surface area contributed by atoms with Crippen LogP contribution in [0.2, 0.25) is 0 Å². The van der Waals surface area contributed by atoms with Crippen LogP contribution in [0, 0.1) is 23.1 Å². The number of carbonyl (C=O) groups is 1. The maximum atomic E-state index is 15.0. The topological polar surface area (TPSA) is 91.4 Å². The Morgan fingerprint density at radius 1 is 0.939 bits per heavy atom. The molecule has 3 saturated heterocycles. The van der Waals surface area contributed by atoms with Crippen LogP contribution in [0.3, 0.4) is 0 Å². The van der Waals surface area contributed by atoms with Gasteiger partial charge in [-0.05, 0) is 125 Å². The first-order chi connectivity index (χ1) is 23.7. The van der Waals surface area contributed by atoms with E-state index in [1.54, 1.807) is 31.4 Å². The molecule has 2 saturated carbocycles. The highest BCUT2D eigenvalue weighted by molar-refractivity contribution is 7.92. The number of nitrogens with one attached hydrogen (secondary N) is 1. The van der Waals surface area contributed by atoms with Crippen LogP contribution >= 0.6 is 0 Å². The van der Waals surface area contributed by atoms with Crippen molar-refractivity contribution < 1.29 is 27.1 Å². The van der Waals surface area contributed by atoms with Crippen LogP contribution in [0.1, 0.15) is 56.9 Å². The molecule has 11 heteroatoms. The zero-order chi connectivity index (χ0) is 34.2. The average Bonchev–Trinajstić information content (AvgIpc) is 3.84. The smallest absolute Gasteiger partial charge is 0.407 e. The van der Waals surface area contributed by atoms with E-state index in [0.29, 0.717) is 17.4 Å². The summed E-state index contributed by atoms with van der Waals surface area (Å²) in [7, 11) is 0.00314. The van der Waals surface area contributed by atoms with E-state index < -0.39 is 9.84 Å². The summed E-state index contributed by atoms with van der Waals surface area (Å²) in [6.45, 7) is 8.26. The van der Waals surface area contributed by atoms with Gasteiger partial charge in [0.05, 0.1) is 23.9 Å². The Kier molecular flexibility index (Phi) is 10.0. The first-order valence-corrected chi connectivity index (χ1v) is 19.8. The van der Waals surface area contributed by atoms with Crippen molar-refractivity contribution in [1.82, 2.24) is 15.1 Å². The second-order valence-corrected chi connectivity index (χ2v) is 17.8. The van der Waals surface area contributed by atoms with Crippen LogP contribution in [0.4, 0.5) is 14.9 Å². The maximum absolute atomic E-state index is 15.0. The quantitative estimate of drug-likeness (QED) is 0.310. The van der Waals surface area contributed by atoms with Crippen molar-refractivity contribution in [2.45, 2.75) is 73.0 Å². The second kappa shape index (κ2) is 14.1. The van der Waals surface area contributed by atoms with Gasteiger partial charge < -0.3 is 29.5 Å². The molecule has 9 nitrogen and oxygen atoms in total. The van der Waals surface area contributed by atoms with Gasteiger partial charge in [0.2, 0.25) is 0 Å². The van der Waals surface area contributed by atoms with Gasteiger partial charge >= 0.3 is 6.09 Å². The third-order valence-electron chi connectivity index (χ3n) is 12.3. The molecule has 0 spiro atoms. The summed E-state index contributed by atoms with van der Waals surface area (Å²) >= 11 is 0. The van der Waals surface area contributed by atoms with Gasteiger partial charge in [0.1, 0.15) is 5.82 Å². The first-order valence-electron chi connectivity index (χ1n) is 18.3. The second-order valence-electron chi connectivity index (χ2n) is 15.5. The van der Waals surface area contributed by atoms with E-state index in [9.17, 15) is 13.2 Å². The number of alkyl carbamates (subject to hydrolysis) is 1. The van der Waals surface area contributed by atoms with Gasteiger partial charge in [-0.15, -0.1) is 0 Å². The molecule has 0 aromatic heterocycles. The minimum absolute atomic E-state index is 0.00138. The molecule has 1 N–H and O–H groups in total. The number of methoxy groups -OCH3 is 2. The summed E-state index contributed by atoms with van der Waals surface area (Å²) in [5.74, 6) is 0.336. The number of benzene rings is 2. The molecule has 3 aliphatic heterocycles. The summed E-state index contributed by atoms with van der Waals surface area (Å²) in [5.41, 5.74) is 1.84. The number of nitrogens with zero attached hydrogens (tertiary/aromatic N) is 3. The molecule has 2 aromatic rings. The van der Waals surface area contributed by atoms with Gasteiger partial charge in [0, 0.05) is 55.8 Å². The van der Waals surface area contributed by atoms with Crippen LogP contribution in [0.15, 0.2) is 53.4 Å². The number of sulfone groups is 1. The zero-order valence-electron chi connectivity index (χ0n) is 29.1. The Bertz CT molecular complexity index is 1570. The van der Waals surface area contributed by atoms with Crippen molar-refractivity contribution in [3.8, 4) is 0 Å². The lowest BCUT2D eigenvalue weighted by Gasteiger charge is -2.56. The fraction of sp³-hybridized carbons (Fsp3) is 0.658. The van der Waals surface area contributed by atoms with Gasteiger partial charge in [-0.25, -0.2) is 17.6 Å². The van der Waals surface area contributed by atoms with E-state index in [4.69, 9.17) is 9.47 Å². The minimum atomic E-state index is -3.19. The SMILES string of the molecule is COCC1(CN2CCC(C(CN3CCC3)(c3cccc(F)c3)[C@H]3CCC[C@@H]3NC(=O)OC)CC2)CN(c2ccc(S(=O)(=O)C3CC3)cc2)C1. The highest BCUT2D eigenvalue weighted by Crippen LogP contribution is 2.52. The van der Waals surface area contributed by atoms with E-state index in [0.717, 1.165) is 109 Å². The molecule has 5 aliphatic rings. The predicted molar refractivity (Wildman–Crippen MR) is 188 cm³/mol. The first kappa shape index (κ1) is 34.7.